The highest BCUT2D eigenvalue weighted by molar-refractivity contribution is 5.68. The Morgan fingerprint density at radius 2 is 2.24 bits per heavy atom. The minimum atomic E-state index is -0.462. The summed E-state index contributed by atoms with van der Waals surface area (Å²) in [6, 6.07) is 4.69. The number of nitro groups is 1. The predicted octanol–water partition coefficient (Wildman–Crippen LogP) is 2.19. The van der Waals surface area contributed by atoms with Crippen LogP contribution in [0.3, 0.4) is 0 Å². The molecule has 0 amide bonds. The van der Waals surface area contributed by atoms with E-state index in [0.717, 1.165) is 6.42 Å². The first-order chi connectivity index (χ1) is 10.1. The molecule has 0 bridgehead atoms. The first-order valence-electron chi connectivity index (χ1n) is 6.90. The molecule has 0 spiro atoms. The van der Waals surface area contributed by atoms with Crippen molar-refractivity contribution in [2.24, 2.45) is 0 Å². The first kappa shape index (κ1) is 17.2. The van der Waals surface area contributed by atoms with Crippen molar-refractivity contribution in [2.45, 2.75) is 25.8 Å². The zero-order valence-electron chi connectivity index (χ0n) is 12.4. The number of methoxy groups -OCH3 is 1. The number of hydrogen-bond acceptors (Lipinski definition) is 6. The van der Waals surface area contributed by atoms with Gasteiger partial charge in [-0.25, -0.2) is 0 Å². The van der Waals surface area contributed by atoms with Crippen LogP contribution in [0.1, 0.15) is 19.8 Å². The Bertz CT molecular complexity index is 447. The van der Waals surface area contributed by atoms with E-state index in [1.165, 1.54) is 0 Å². The molecular formula is C14H22N2O5. The second kappa shape index (κ2) is 9.15. The summed E-state index contributed by atoms with van der Waals surface area (Å²) >= 11 is 0. The molecule has 0 fully saturated rings. The summed E-state index contributed by atoms with van der Waals surface area (Å²) in [7, 11) is 1.54. The molecule has 7 heteroatoms. The van der Waals surface area contributed by atoms with E-state index in [1.54, 1.807) is 25.3 Å². The molecule has 21 heavy (non-hydrogen) atoms. The highest BCUT2D eigenvalue weighted by atomic mass is 16.6. The number of aliphatic hydroxyl groups excluding tert-OH is 1. The summed E-state index contributed by atoms with van der Waals surface area (Å²) in [5, 5.41) is 23.4. The minimum absolute atomic E-state index is 0.0269. The van der Waals surface area contributed by atoms with Gasteiger partial charge in [-0.05, 0) is 25.0 Å². The lowest BCUT2D eigenvalue weighted by atomic mass is 10.2. The lowest BCUT2D eigenvalue weighted by Crippen LogP contribution is -2.26. The Morgan fingerprint density at radius 3 is 2.81 bits per heavy atom. The third kappa shape index (κ3) is 5.20. The normalized spacial score (nSPS) is 12.0. The Labute approximate surface area is 124 Å². The number of para-hydroxylation sites is 1. The van der Waals surface area contributed by atoms with Crippen LogP contribution in [0.15, 0.2) is 18.2 Å². The summed E-state index contributed by atoms with van der Waals surface area (Å²) in [6.07, 6.45) is 1.21. The second-order valence-electron chi connectivity index (χ2n) is 4.57. The van der Waals surface area contributed by atoms with E-state index in [0.29, 0.717) is 25.3 Å². The number of anilines is 1. The van der Waals surface area contributed by atoms with Gasteiger partial charge >= 0.3 is 5.69 Å². The predicted molar refractivity (Wildman–Crippen MR) is 79.9 cm³/mol. The minimum Gasteiger partial charge on any atom is -0.487 e. The fourth-order valence-corrected chi connectivity index (χ4v) is 1.93. The van der Waals surface area contributed by atoms with Crippen LogP contribution in [0, 0.1) is 10.1 Å². The molecule has 0 aliphatic rings. The highest BCUT2D eigenvalue weighted by Gasteiger charge is 2.22. The average molecular weight is 298 g/mol. The summed E-state index contributed by atoms with van der Waals surface area (Å²) in [5.41, 5.74) is 0.272. The lowest BCUT2D eigenvalue weighted by Gasteiger charge is -2.18. The lowest BCUT2D eigenvalue weighted by molar-refractivity contribution is -0.385. The maximum Gasteiger partial charge on any atom is 0.333 e. The van der Waals surface area contributed by atoms with Gasteiger partial charge in [-0.3, -0.25) is 10.1 Å². The Morgan fingerprint density at radius 1 is 1.48 bits per heavy atom. The van der Waals surface area contributed by atoms with E-state index < -0.39 is 4.92 Å². The molecule has 1 unspecified atom stereocenters. The summed E-state index contributed by atoms with van der Waals surface area (Å²) in [6.45, 7) is 2.67. The van der Waals surface area contributed by atoms with E-state index in [-0.39, 0.29) is 24.1 Å². The molecule has 0 aromatic heterocycles. The van der Waals surface area contributed by atoms with E-state index in [9.17, 15) is 10.1 Å². The van der Waals surface area contributed by atoms with Crippen molar-refractivity contribution in [2.75, 3.05) is 32.2 Å². The van der Waals surface area contributed by atoms with Gasteiger partial charge < -0.3 is 19.9 Å². The Kier molecular flexibility index (Phi) is 7.49. The average Bonchev–Trinajstić information content (AvgIpc) is 2.45. The summed E-state index contributed by atoms with van der Waals surface area (Å²) < 4.78 is 10.5. The third-order valence-corrected chi connectivity index (χ3v) is 2.85. The molecule has 2 N–H and O–H groups in total. The van der Waals surface area contributed by atoms with E-state index in [2.05, 4.69) is 5.32 Å². The molecule has 0 saturated heterocycles. The quantitative estimate of drug-likeness (QED) is 0.508. The highest BCUT2D eigenvalue weighted by Crippen LogP contribution is 2.35. The second-order valence-corrected chi connectivity index (χ2v) is 4.57. The molecule has 118 valence electrons. The number of ether oxygens (including phenoxy) is 2. The van der Waals surface area contributed by atoms with Crippen LogP contribution >= 0.6 is 0 Å². The maximum absolute atomic E-state index is 11.3. The van der Waals surface area contributed by atoms with Crippen molar-refractivity contribution in [1.82, 2.24) is 0 Å². The number of benzene rings is 1. The molecule has 1 aromatic carbocycles. The molecule has 1 atom stereocenters. The first-order valence-corrected chi connectivity index (χ1v) is 6.90. The van der Waals surface area contributed by atoms with Gasteiger partial charge in [0, 0.05) is 13.7 Å². The van der Waals surface area contributed by atoms with Gasteiger partial charge in [0.1, 0.15) is 5.69 Å². The van der Waals surface area contributed by atoms with Gasteiger partial charge in [-0.15, -0.1) is 0 Å². The topological polar surface area (TPSA) is 93.9 Å². The Balaban J connectivity index is 3.01. The van der Waals surface area contributed by atoms with Crippen LogP contribution in [-0.2, 0) is 4.74 Å². The van der Waals surface area contributed by atoms with Crippen LogP contribution < -0.4 is 10.1 Å². The molecule has 0 aliphatic carbocycles. The van der Waals surface area contributed by atoms with Crippen LogP contribution in [0.5, 0.6) is 5.75 Å². The monoisotopic (exact) mass is 298 g/mol. The number of nitrogens with one attached hydrogen (secondary N) is 1. The third-order valence-electron chi connectivity index (χ3n) is 2.85. The van der Waals surface area contributed by atoms with Gasteiger partial charge in [0.15, 0.2) is 5.75 Å². The number of aliphatic hydroxyl groups is 1. The molecule has 1 aromatic rings. The number of nitro benzene ring substituents is 1. The van der Waals surface area contributed by atoms with E-state index in [1.807, 2.05) is 6.92 Å². The van der Waals surface area contributed by atoms with Crippen LogP contribution in [0.25, 0.3) is 0 Å². The van der Waals surface area contributed by atoms with Crippen molar-refractivity contribution in [3.8, 4) is 5.75 Å². The van der Waals surface area contributed by atoms with Crippen molar-refractivity contribution in [3.63, 3.8) is 0 Å². The summed E-state index contributed by atoms with van der Waals surface area (Å²) in [5.74, 6) is 0.243. The van der Waals surface area contributed by atoms with Gasteiger partial charge in [0.25, 0.3) is 0 Å². The van der Waals surface area contributed by atoms with Gasteiger partial charge in [-0.2, -0.15) is 0 Å². The molecule has 1 rings (SSSR count). The molecule has 0 radical (unpaired) electrons. The molecular weight excluding hydrogens is 276 g/mol. The van der Waals surface area contributed by atoms with Crippen molar-refractivity contribution in [3.05, 3.63) is 28.3 Å². The van der Waals surface area contributed by atoms with Crippen LogP contribution in [0.2, 0.25) is 0 Å². The largest absolute Gasteiger partial charge is 0.487 e. The number of nitrogens with zero attached hydrogens (tertiary/aromatic N) is 1. The summed E-state index contributed by atoms with van der Waals surface area (Å²) in [4.78, 5) is 10.8. The van der Waals surface area contributed by atoms with Crippen LogP contribution in [0.4, 0.5) is 11.4 Å². The van der Waals surface area contributed by atoms with Gasteiger partial charge in [-0.1, -0.05) is 13.0 Å². The maximum atomic E-state index is 11.3. The fourth-order valence-electron chi connectivity index (χ4n) is 1.93. The van der Waals surface area contributed by atoms with Crippen LogP contribution in [-0.4, -0.2) is 43.0 Å². The fraction of sp³-hybridized carbons (Fsp3) is 0.571. The molecule has 7 nitrogen and oxygen atoms in total. The molecule has 0 heterocycles. The SMILES string of the molecule is CCCOc1cccc(NC(CCO)COC)c1[N+](=O)[O-]. The smallest absolute Gasteiger partial charge is 0.333 e. The zero-order chi connectivity index (χ0) is 15.7. The van der Waals surface area contributed by atoms with E-state index in [4.69, 9.17) is 14.6 Å². The van der Waals surface area contributed by atoms with Gasteiger partial charge in [0.05, 0.1) is 24.2 Å². The number of hydrogen-bond donors (Lipinski definition) is 2. The van der Waals surface area contributed by atoms with Crippen molar-refractivity contribution in [1.29, 1.82) is 0 Å². The molecule has 0 saturated carbocycles. The number of rotatable bonds is 10. The van der Waals surface area contributed by atoms with Crippen molar-refractivity contribution < 1.29 is 19.5 Å². The standard InChI is InChI=1S/C14H22N2O5/c1-3-9-21-13-6-4-5-12(14(13)16(18)19)15-11(7-8-17)10-20-2/h4-6,11,15,17H,3,7-10H2,1-2H3. The van der Waals surface area contributed by atoms with E-state index >= 15 is 0 Å². The zero-order valence-corrected chi connectivity index (χ0v) is 12.4. The Hall–Kier alpha value is -1.86. The van der Waals surface area contributed by atoms with Crippen molar-refractivity contribution >= 4 is 11.4 Å². The van der Waals surface area contributed by atoms with Gasteiger partial charge in [0.2, 0.25) is 0 Å². The molecule has 0 aliphatic heterocycles.